The van der Waals surface area contributed by atoms with Gasteiger partial charge in [-0.1, -0.05) is 18.2 Å². The Hall–Kier alpha value is -1.76. The number of benzene rings is 1. The van der Waals surface area contributed by atoms with Crippen molar-refractivity contribution in [1.29, 1.82) is 0 Å². The van der Waals surface area contributed by atoms with Gasteiger partial charge in [-0.05, 0) is 43.3 Å². The molecule has 0 bridgehead atoms. The number of thiophene rings is 1. The van der Waals surface area contributed by atoms with E-state index in [-0.39, 0.29) is 5.91 Å². The van der Waals surface area contributed by atoms with E-state index >= 15 is 0 Å². The fourth-order valence-corrected chi connectivity index (χ4v) is 5.70. The Labute approximate surface area is 168 Å². The number of carbonyl (C=O) groups excluding carboxylic acids is 1. The molecule has 2 atom stereocenters. The summed E-state index contributed by atoms with van der Waals surface area (Å²) in [6, 6.07) is 12.5. The summed E-state index contributed by atoms with van der Waals surface area (Å²) in [5.74, 6) is 0.747. The second-order valence-corrected chi connectivity index (χ2v) is 9.32. The van der Waals surface area contributed by atoms with Gasteiger partial charge in [0.1, 0.15) is 5.01 Å². The molecule has 6 heteroatoms. The van der Waals surface area contributed by atoms with Crippen LogP contribution in [0.2, 0.25) is 0 Å². The van der Waals surface area contributed by atoms with Crippen molar-refractivity contribution in [3.8, 4) is 0 Å². The molecule has 0 saturated carbocycles. The minimum Gasteiger partial charge on any atom is -0.333 e. The number of likely N-dealkylation sites (N-methyl/N-ethyl adjacent to an activating group) is 1. The first kappa shape index (κ1) is 18.6. The molecule has 1 N–H and O–H groups in total. The molecule has 1 amide bonds. The van der Waals surface area contributed by atoms with Gasteiger partial charge in [-0.15, -0.1) is 22.7 Å². The van der Waals surface area contributed by atoms with Gasteiger partial charge in [0, 0.05) is 11.4 Å². The summed E-state index contributed by atoms with van der Waals surface area (Å²) in [5.41, 5.74) is 1.11. The Morgan fingerprint density at radius 2 is 2.19 bits per heavy atom. The zero-order chi connectivity index (χ0) is 18.6. The maximum Gasteiger partial charge on any atom is 0.278 e. The fraction of sp³-hybridized carbons (Fsp3) is 0.429. The first-order valence-electron chi connectivity index (χ1n) is 9.72. The summed E-state index contributed by atoms with van der Waals surface area (Å²) in [5, 5.41) is 3.32. The number of nitrogens with one attached hydrogen (secondary N) is 1. The number of para-hydroxylation sites is 1. The minimum atomic E-state index is 0.269. The van der Waals surface area contributed by atoms with Gasteiger partial charge in [0.25, 0.3) is 5.91 Å². The summed E-state index contributed by atoms with van der Waals surface area (Å²) >= 11 is 3.54. The topological polar surface area (TPSA) is 37.6 Å². The third-order valence-corrected chi connectivity index (χ3v) is 7.40. The van der Waals surface area contributed by atoms with Crippen LogP contribution in [0.25, 0.3) is 10.2 Å². The molecule has 27 heavy (non-hydrogen) atoms. The quantitative estimate of drug-likeness (QED) is 0.690. The number of quaternary nitrogens is 1. The average Bonchev–Trinajstić information content (AvgIpc) is 3.35. The monoisotopic (exact) mass is 400 g/mol. The lowest BCUT2D eigenvalue weighted by Crippen LogP contribution is -3.14. The van der Waals surface area contributed by atoms with E-state index in [0.29, 0.717) is 12.5 Å². The van der Waals surface area contributed by atoms with Crippen LogP contribution in [0.15, 0.2) is 41.8 Å². The Morgan fingerprint density at radius 1 is 1.30 bits per heavy atom. The predicted molar refractivity (Wildman–Crippen MR) is 113 cm³/mol. The SMILES string of the molecule is CCN(Cc1cccs1)C(=O)C[NH+]1CCC[C@@H](c2nc3ccccc3s2)C1. The number of hydrogen-bond donors (Lipinski definition) is 1. The van der Waals surface area contributed by atoms with Crippen molar-refractivity contribution >= 4 is 38.8 Å². The maximum absolute atomic E-state index is 12.8. The number of thiazole rings is 1. The van der Waals surface area contributed by atoms with Crippen LogP contribution >= 0.6 is 22.7 Å². The highest BCUT2D eigenvalue weighted by molar-refractivity contribution is 7.18. The summed E-state index contributed by atoms with van der Waals surface area (Å²) in [7, 11) is 0. The van der Waals surface area contributed by atoms with E-state index in [4.69, 9.17) is 4.98 Å². The molecule has 1 aromatic carbocycles. The third kappa shape index (κ3) is 4.39. The van der Waals surface area contributed by atoms with E-state index < -0.39 is 0 Å². The molecule has 1 fully saturated rings. The molecule has 1 saturated heterocycles. The van der Waals surface area contributed by atoms with Crippen molar-refractivity contribution in [2.75, 3.05) is 26.2 Å². The average molecular weight is 401 g/mol. The van der Waals surface area contributed by atoms with Crippen LogP contribution in [-0.4, -0.2) is 42.0 Å². The number of fused-ring (bicyclic) bond motifs is 1. The maximum atomic E-state index is 12.8. The zero-order valence-corrected chi connectivity index (χ0v) is 17.3. The standard InChI is InChI=1S/C21H25N3OS2/c1-2-24(14-17-8-6-12-26-17)20(25)15-23-11-5-7-16(13-23)21-22-18-9-3-4-10-19(18)27-21/h3-4,6,8-10,12,16H,2,5,7,11,13-15H2,1H3/p+1/t16-/m1/s1. The lowest BCUT2D eigenvalue weighted by atomic mass is 9.98. The molecular formula is C21H26N3OS2+. The van der Waals surface area contributed by atoms with Gasteiger partial charge < -0.3 is 9.80 Å². The van der Waals surface area contributed by atoms with Gasteiger partial charge in [-0.2, -0.15) is 0 Å². The van der Waals surface area contributed by atoms with Gasteiger partial charge in [0.2, 0.25) is 0 Å². The largest absolute Gasteiger partial charge is 0.333 e. The summed E-state index contributed by atoms with van der Waals surface area (Å²) in [6.07, 6.45) is 2.35. The molecule has 2 aromatic heterocycles. The molecule has 1 aliphatic rings. The summed E-state index contributed by atoms with van der Waals surface area (Å²) in [4.78, 5) is 22.4. The number of carbonyl (C=O) groups is 1. The predicted octanol–water partition coefficient (Wildman–Crippen LogP) is 3.17. The van der Waals surface area contributed by atoms with Crippen LogP contribution in [0, 0.1) is 0 Å². The van der Waals surface area contributed by atoms with Crippen molar-refractivity contribution in [3.63, 3.8) is 0 Å². The Kier molecular flexibility index (Phi) is 5.86. The number of aromatic nitrogens is 1. The number of amides is 1. The van der Waals surface area contributed by atoms with Crippen LogP contribution in [-0.2, 0) is 11.3 Å². The van der Waals surface area contributed by atoms with Crippen molar-refractivity contribution in [2.45, 2.75) is 32.2 Å². The molecular weight excluding hydrogens is 374 g/mol. The third-order valence-electron chi connectivity index (χ3n) is 5.34. The first-order valence-corrected chi connectivity index (χ1v) is 11.4. The molecule has 0 spiro atoms. The Bertz CT molecular complexity index is 857. The van der Waals surface area contributed by atoms with Crippen LogP contribution in [0.3, 0.4) is 0 Å². The second-order valence-electron chi connectivity index (χ2n) is 7.23. The fourth-order valence-electron chi connectivity index (χ4n) is 3.88. The van der Waals surface area contributed by atoms with E-state index in [9.17, 15) is 4.79 Å². The second kappa shape index (κ2) is 8.50. The highest BCUT2D eigenvalue weighted by Gasteiger charge is 2.29. The Morgan fingerprint density at radius 3 is 2.96 bits per heavy atom. The highest BCUT2D eigenvalue weighted by Crippen LogP contribution is 2.30. The van der Waals surface area contributed by atoms with E-state index in [0.717, 1.165) is 31.7 Å². The lowest BCUT2D eigenvalue weighted by molar-refractivity contribution is -0.898. The van der Waals surface area contributed by atoms with Crippen molar-refractivity contribution in [2.24, 2.45) is 0 Å². The molecule has 4 nitrogen and oxygen atoms in total. The van der Waals surface area contributed by atoms with Crippen LogP contribution < -0.4 is 4.90 Å². The smallest absolute Gasteiger partial charge is 0.278 e. The van der Waals surface area contributed by atoms with Crippen molar-refractivity contribution in [1.82, 2.24) is 9.88 Å². The van der Waals surface area contributed by atoms with Crippen molar-refractivity contribution in [3.05, 3.63) is 51.7 Å². The van der Waals surface area contributed by atoms with E-state index in [1.165, 1.54) is 32.3 Å². The number of rotatable bonds is 6. The molecule has 4 rings (SSSR count). The number of piperidine rings is 1. The van der Waals surface area contributed by atoms with Crippen LogP contribution in [0.1, 0.15) is 35.6 Å². The number of nitrogens with zero attached hydrogens (tertiary/aromatic N) is 2. The van der Waals surface area contributed by atoms with E-state index in [1.54, 1.807) is 11.3 Å². The van der Waals surface area contributed by atoms with Crippen molar-refractivity contribution < 1.29 is 9.69 Å². The number of likely N-dealkylation sites (tertiary alicyclic amines) is 1. The van der Waals surface area contributed by atoms with Gasteiger partial charge >= 0.3 is 0 Å². The van der Waals surface area contributed by atoms with Crippen LogP contribution in [0.4, 0.5) is 0 Å². The molecule has 3 heterocycles. The summed E-state index contributed by atoms with van der Waals surface area (Å²) in [6.45, 7) is 6.28. The first-order chi connectivity index (χ1) is 13.2. The normalized spacial score (nSPS) is 20.0. The zero-order valence-electron chi connectivity index (χ0n) is 15.7. The van der Waals surface area contributed by atoms with Gasteiger partial charge in [0.05, 0.1) is 35.8 Å². The Balaban J connectivity index is 1.39. The molecule has 0 radical (unpaired) electrons. The molecule has 142 valence electrons. The van der Waals surface area contributed by atoms with E-state index in [2.05, 4.69) is 48.7 Å². The highest BCUT2D eigenvalue weighted by atomic mass is 32.1. The minimum absolute atomic E-state index is 0.269. The van der Waals surface area contributed by atoms with E-state index in [1.807, 2.05) is 16.2 Å². The molecule has 3 aromatic rings. The molecule has 0 aliphatic carbocycles. The number of hydrogen-bond acceptors (Lipinski definition) is 4. The van der Waals surface area contributed by atoms with Gasteiger partial charge in [-0.3, -0.25) is 4.79 Å². The lowest BCUT2D eigenvalue weighted by Gasteiger charge is -2.30. The van der Waals surface area contributed by atoms with Gasteiger partial charge in [0.15, 0.2) is 6.54 Å². The van der Waals surface area contributed by atoms with Gasteiger partial charge in [-0.25, -0.2) is 4.98 Å². The molecule has 1 unspecified atom stereocenters. The summed E-state index contributed by atoms with van der Waals surface area (Å²) < 4.78 is 1.27. The molecule has 1 aliphatic heterocycles. The van der Waals surface area contributed by atoms with Crippen LogP contribution in [0.5, 0.6) is 0 Å².